The van der Waals surface area contributed by atoms with Crippen LogP contribution in [-0.2, 0) is 4.74 Å². The van der Waals surface area contributed by atoms with Crippen LogP contribution in [0, 0.1) is 0 Å². The van der Waals surface area contributed by atoms with Gasteiger partial charge in [-0.25, -0.2) is 0 Å². The highest BCUT2D eigenvalue weighted by Gasteiger charge is 2.35. The SMILES string of the molecule is CCNCC(COC)N1CC=C(C(F)(F)F)CC1. The Labute approximate surface area is 106 Å². The number of ether oxygens (including phenoxy) is 1. The molecule has 1 atom stereocenters. The highest BCUT2D eigenvalue weighted by atomic mass is 19.4. The topological polar surface area (TPSA) is 24.5 Å². The van der Waals surface area contributed by atoms with Crippen LogP contribution in [-0.4, -0.2) is 57.0 Å². The van der Waals surface area contributed by atoms with E-state index in [4.69, 9.17) is 4.74 Å². The molecule has 0 aliphatic carbocycles. The number of likely N-dealkylation sites (N-methyl/N-ethyl adjacent to an activating group) is 1. The molecule has 3 nitrogen and oxygen atoms in total. The molecule has 0 fully saturated rings. The normalized spacial score (nSPS) is 19.7. The number of halogens is 3. The van der Waals surface area contributed by atoms with Gasteiger partial charge in [0.1, 0.15) is 0 Å². The first-order valence-corrected chi connectivity index (χ1v) is 6.19. The average molecular weight is 266 g/mol. The molecule has 0 radical (unpaired) electrons. The quantitative estimate of drug-likeness (QED) is 0.742. The first kappa shape index (κ1) is 15.5. The molecule has 0 bridgehead atoms. The van der Waals surface area contributed by atoms with E-state index in [1.165, 1.54) is 6.08 Å². The molecule has 1 aliphatic heterocycles. The fourth-order valence-corrected chi connectivity index (χ4v) is 2.07. The number of hydrogen-bond donors (Lipinski definition) is 1. The molecule has 1 rings (SSSR count). The molecule has 0 spiro atoms. The van der Waals surface area contributed by atoms with E-state index < -0.39 is 11.7 Å². The molecule has 0 aromatic carbocycles. The number of alkyl halides is 3. The maximum Gasteiger partial charge on any atom is 0.412 e. The Morgan fingerprint density at radius 2 is 2.22 bits per heavy atom. The lowest BCUT2D eigenvalue weighted by Crippen LogP contribution is -2.47. The van der Waals surface area contributed by atoms with E-state index in [1.807, 2.05) is 11.8 Å². The molecular weight excluding hydrogens is 245 g/mol. The van der Waals surface area contributed by atoms with E-state index in [0.29, 0.717) is 19.7 Å². The third-order valence-electron chi connectivity index (χ3n) is 3.11. The van der Waals surface area contributed by atoms with E-state index in [9.17, 15) is 13.2 Å². The van der Waals surface area contributed by atoms with Crippen LogP contribution in [0.4, 0.5) is 13.2 Å². The largest absolute Gasteiger partial charge is 0.412 e. The lowest BCUT2D eigenvalue weighted by molar-refractivity contribution is -0.0966. The van der Waals surface area contributed by atoms with Crippen molar-refractivity contribution in [1.29, 1.82) is 0 Å². The van der Waals surface area contributed by atoms with E-state index in [-0.39, 0.29) is 12.5 Å². The number of nitrogens with zero attached hydrogens (tertiary/aromatic N) is 1. The third-order valence-corrected chi connectivity index (χ3v) is 3.11. The maximum atomic E-state index is 12.5. The van der Waals surface area contributed by atoms with Crippen molar-refractivity contribution in [3.63, 3.8) is 0 Å². The zero-order chi connectivity index (χ0) is 13.6. The summed E-state index contributed by atoms with van der Waals surface area (Å²) in [6.45, 7) is 4.89. The fraction of sp³-hybridized carbons (Fsp3) is 0.833. The molecule has 0 saturated heterocycles. The van der Waals surface area contributed by atoms with Crippen molar-refractivity contribution >= 4 is 0 Å². The summed E-state index contributed by atoms with van der Waals surface area (Å²) in [6, 6.07) is 0.126. The van der Waals surface area contributed by atoms with E-state index in [0.717, 1.165) is 13.1 Å². The highest BCUT2D eigenvalue weighted by molar-refractivity contribution is 5.13. The molecule has 0 aromatic rings. The van der Waals surface area contributed by atoms with Gasteiger partial charge in [-0.3, -0.25) is 4.90 Å². The standard InChI is InChI=1S/C12H21F3N2O/c1-3-16-8-11(9-18-2)17-6-4-10(5-7-17)12(13,14)15/h4,11,16H,3,5-9H2,1-2H3. The van der Waals surface area contributed by atoms with Gasteiger partial charge in [-0.15, -0.1) is 0 Å². The van der Waals surface area contributed by atoms with Crippen LogP contribution in [0.2, 0.25) is 0 Å². The zero-order valence-corrected chi connectivity index (χ0v) is 10.9. The second-order valence-corrected chi connectivity index (χ2v) is 4.39. The van der Waals surface area contributed by atoms with Crippen LogP contribution in [0.1, 0.15) is 13.3 Å². The number of hydrogen-bond acceptors (Lipinski definition) is 3. The summed E-state index contributed by atoms with van der Waals surface area (Å²) < 4.78 is 42.6. The summed E-state index contributed by atoms with van der Waals surface area (Å²) in [4.78, 5) is 2.03. The molecule has 1 N–H and O–H groups in total. The molecule has 1 unspecified atom stereocenters. The van der Waals surface area contributed by atoms with Gasteiger partial charge in [0.2, 0.25) is 0 Å². The minimum Gasteiger partial charge on any atom is -0.383 e. The Hall–Kier alpha value is -0.590. The van der Waals surface area contributed by atoms with Gasteiger partial charge in [0, 0.05) is 38.4 Å². The summed E-state index contributed by atoms with van der Waals surface area (Å²) in [7, 11) is 1.61. The van der Waals surface area contributed by atoms with Gasteiger partial charge >= 0.3 is 6.18 Å². The van der Waals surface area contributed by atoms with Gasteiger partial charge in [0.05, 0.1) is 6.61 Å². The van der Waals surface area contributed by atoms with E-state index in [1.54, 1.807) is 7.11 Å². The monoisotopic (exact) mass is 266 g/mol. The van der Waals surface area contributed by atoms with Gasteiger partial charge in [0.15, 0.2) is 0 Å². The number of rotatable bonds is 6. The van der Waals surface area contributed by atoms with Crippen LogP contribution in [0.15, 0.2) is 11.6 Å². The predicted octanol–water partition coefficient (Wildman–Crippen LogP) is 1.81. The zero-order valence-electron chi connectivity index (χ0n) is 10.9. The number of nitrogens with one attached hydrogen (secondary N) is 1. The van der Waals surface area contributed by atoms with Gasteiger partial charge in [-0.05, 0) is 13.0 Å². The fourth-order valence-electron chi connectivity index (χ4n) is 2.07. The second kappa shape index (κ2) is 7.11. The Morgan fingerprint density at radius 3 is 2.67 bits per heavy atom. The van der Waals surface area contributed by atoms with Crippen molar-refractivity contribution in [2.24, 2.45) is 0 Å². The Morgan fingerprint density at radius 1 is 1.50 bits per heavy atom. The minimum atomic E-state index is -4.18. The Bertz CT molecular complexity index is 279. The second-order valence-electron chi connectivity index (χ2n) is 4.39. The summed E-state index contributed by atoms with van der Waals surface area (Å²) in [5.74, 6) is 0. The molecule has 1 aliphatic rings. The molecule has 0 saturated carbocycles. The maximum absolute atomic E-state index is 12.5. The van der Waals surface area contributed by atoms with E-state index >= 15 is 0 Å². The van der Waals surface area contributed by atoms with Gasteiger partial charge in [0.25, 0.3) is 0 Å². The van der Waals surface area contributed by atoms with Gasteiger partial charge in [-0.2, -0.15) is 13.2 Å². The Balaban J connectivity index is 2.55. The lowest BCUT2D eigenvalue weighted by atomic mass is 10.1. The van der Waals surface area contributed by atoms with Crippen molar-refractivity contribution in [2.45, 2.75) is 25.6 Å². The van der Waals surface area contributed by atoms with Crippen molar-refractivity contribution in [3.8, 4) is 0 Å². The summed E-state index contributed by atoms with van der Waals surface area (Å²) in [5, 5.41) is 3.21. The van der Waals surface area contributed by atoms with Crippen molar-refractivity contribution < 1.29 is 17.9 Å². The molecule has 0 aromatic heterocycles. The molecule has 1 heterocycles. The van der Waals surface area contributed by atoms with Crippen LogP contribution in [0.5, 0.6) is 0 Å². The van der Waals surface area contributed by atoms with Crippen LogP contribution in [0.3, 0.4) is 0 Å². The van der Waals surface area contributed by atoms with Crippen LogP contribution < -0.4 is 5.32 Å². The Kier molecular flexibility index (Phi) is 6.11. The first-order valence-electron chi connectivity index (χ1n) is 6.19. The molecule has 6 heteroatoms. The molecular formula is C12H21F3N2O. The minimum absolute atomic E-state index is 0.0653. The summed E-state index contributed by atoms with van der Waals surface area (Å²) >= 11 is 0. The molecule has 0 amide bonds. The van der Waals surface area contributed by atoms with Crippen molar-refractivity contribution in [3.05, 3.63) is 11.6 Å². The van der Waals surface area contributed by atoms with Gasteiger partial charge < -0.3 is 10.1 Å². The highest BCUT2D eigenvalue weighted by Crippen LogP contribution is 2.30. The van der Waals surface area contributed by atoms with Crippen LogP contribution in [0.25, 0.3) is 0 Å². The average Bonchev–Trinajstić information content (AvgIpc) is 2.33. The van der Waals surface area contributed by atoms with Crippen LogP contribution >= 0.6 is 0 Å². The first-order chi connectivity index (χ1) is 8.49. The van der Waals surface area contributed by atoms with E-state index in [2.05, 4.69) is 5.32 Å². The van der Waals surface area contributed by atoms with Gasteiger partial charge in [-0.1, -0.05) is 13.0 Å². The summed E-state index contributed by atoms with van der Waals surface area (Å²) in [5.41, 5.74) is -0.404. The molecule has 106 valence electrons. The molecule has 18 heavy (non-hydrogen) atoms. The summed E-state index contributed by atoms with van der Waals surface area (Å²) in [6.07, 6.45) is -2.82. The van der Waals surface area contributed by atoms with Crippen molar-refractivity contribution in [1.82, 2.24) is 10.2 Å². The smallest absolute Gasteiger partial charge is 0.383 e. The lowest BCUT2D eigenvalue weighted by Gasteiger charge is -2.34. The van der Waals surface area contributed by atoms with Crippen molar-refractivity contribution in [2.75, 3.05) is 39.9 Å². The third kappa shape index (κ3) is 4.59. The number of methoxy groups -OCH3 is 1. The predicted molar refractivity (Wildman–Crippen MR) is 64.5 cm³/mol.